The highest BCUT2D eigenvalue weighted by Gasteiger charge is 2.21. The van der Waals surface area contributed by atoms with E-state index in [1.54, 1.807) is 20.8 Å². The van der Waals surface area contributed by atoms with Gasteiger partial charge in [-0.2, -0.15) is 8.42 Å². The Morgan fingerprint density at radius 1 is 1.50 bits per heavy atom. The summed E-state index contributed by atoms with van der Waals surface area (Å²) in [6.45, 7) is 5.05. The summed E-state index contributed by atoms with van der Waals surface area (Å²) in [6, 6.07) is 0. The summed E-state index contributed by atoms with van der Waals surface area (Å²) in [5.41, 5.74) is 0.430. The second kappa shape index (κ2) is 5.90. The van der Waals surface area contributed by atoms with Gasteiger partial charge in [-0.1, -0.05) is 0 Å². The van der Waals surface area contributed by atoms with Crippen molar-refractivity contribution in [1.29, 1.82) is 0 Å². The van der Waals surface area contributed by atoms with Crippen LogP contribution in [0.2, 0.25) is 0 Å². The smallest absolute Gasteiger partial charge is 0.348 e. The van der Waals surface area contributed by atoms with Gasteiger partial charge in [0.15, 0.2) is 11.0 Å². The third-order valence-corrected chi connectivity index (χ3v) is 4.42. The van der Waals surface area contributed by atoms with Gasteiger partial charge in [-0.25, -0.2) is 4.79 Å². The standard InChI is InChI=1S/C10H13ClO5S2/c1-6(2)15-10(12)9-7(3)8(4-17-9)16-18(13,14)5-11/h4,6H,5H2,1-3H3. The van der Waals surface area contributed by atoms with E-state index in [1.165, 1.54) is 5.38 Å². The van der Waals surface area contributed by atoms with E-state index in [2.05, 4.69) is 0 Å². The van der Waals surface area contributed by atoms with E-state index in [-0.39, 0.29) is 11.9 Å². The van der Waals surface area contributed by atoms with Crippen molar-refractivity contribution in [3.8, 4) is 5.75 Å². The highest BCUT2D eigenvalue weighted by atomic mass is 35.5. The molecule has 0 aromatic carbocycles. The van der Waals surface area contributed by atoms with Crippen molar-refractivity contribution in [3.05, 3.63) is 15.8 Å². The zero-order chi connectivity index (χ0) is 13.9. The molecule has 0 radical (unpaired) electrons. The Morgan fingerprint density at radius 3 is 2.61 bits per heavy atom. The number of alkyl halides is 1. The SMILES string of the molecule is Cc1c(OS(=O)(=O)CCl)csc1C(=O)OC(C)C. The van der Waals surface area contributed by atoms with Crippen LogP contribution in [-0.2, 0) is 14.9 Å². The molecule has 0 aliphatic heterocycles. The molecule has 0 bridgehead atoms. The van der Waals surface area contributed by atoms with Crippen LogP contribution in [-0.4, -0.2) is 25.7 Å². The van der Waals surface area contributed by atoms with E-state index < -0.39 is 21.3 Å². The fraction of sp³-hybridized carbons (Fsp3) is 0.500. The van der Waals surface area contributed by atoms with Gasteiger partial charge in [0.05, 0.1) is 6.10 Å². The summed E-state index contributed by atoms with van der Waals surface area (Å²) in [5.74, 6) is -0.387. The monoisotopic (exact) mass is 312 g/mol. The number of esters is 1. The van der Waals surface area contributed by atoms with Crippen molar-refractivity contribution < 1.29 is 22.1 Å². The second-order valence-corrected chi connectivity index (χ2v) is 6.79. The third kappa shape index (κ3) is 3.86. The van der Waals surface area contributed by atoms with Crippen molar-refractivity contribution in [2.45, 2.75) is 26.9 Å². The van der Waals surface area contributed by atoms with E-state index in [4.69, 9.17) is 20.5 Å². The van der Waals surface area contributed by atoms with Gasteiger partial charge < -0.3 is 8.92 Å². The van der Waals surface area contributed by atoms with Crippen LogP contribution in [0.15, 0.2) is 5.38 Å². The van der Waals surface area contributed by atoms with Gasteiger partial charge in [0.1, 0.15) is 4.88 Å². The number of carbonyl (C=O) groups is 1. The van der Waals surface area contributed by atoms with E-state index in [9.17, 15) is 13.2 Å². The molecule has 8 heteroatoms. The van der Waals surface area contributed by atoms with E-state index in [0.29, 0.717) is 10.4 Å². The van der Waals surface area contributed by atoms with Gasteiger partial charge in [0, 0.05) is 10.9 Å². The molecule has 102 valence electrons. The lowest BCUT2D eigenvalue weighted by Gasteiger charge is -2.07. The molecule has 1 rings (SSSR count). The van der Waals surface area contributed by atoms with E-state index in [1.807, 2.05) is 0 Å². The second-order valence-electron chi connectivity index (χ2n) is 3.76. The van der Waals surface area contributed by atoms with Crippen LogP contribution in [0.3, 0.4) is 0 Å². The number of hydrogen-bond acceptors (Lipinski definition) is 6. The topological polar surface area (TPSA) is 69.7 Å². The molecule has 0 atom stereocenters. The van der Waals surface area contributed by atoms with Crippen LogP contribution < -0.4 is 4.18 Å². The molecule has 18 heavy (non-hydrogen) atoms. The fourth-order valence-corrected chi connectivity index (χ4v) is 2.67. The lowest BCUT2D eigenvalue weighted by molar-refractivity contribution is 0.0383. The maximum absolute atomic E-state index is 11.7. The number of ether oxygens (including phenoxy) is 1. The molecule has 0 saturated heterocycles. The summed E-state index contributed by atoms with van der Waals surface area (Å²) < 4.78 is 32.2. The van der Waals surface area contributed by atoms with Crippen LogP contribution in [0, 0.1) is 6.92 Å². The molecule has 0 amide bonds. The molecule has 1 heterocycles. The maximum atomic E-state index is 11.7. The molecule has 0 fully saturated rings. The molecular formula is C10H13ClO5S2. The largest absolute Gasteiger partial charge is 0.459 e. The first-order chi connectivity index (χ1) is 8.26. The number of halogens is 1. The fourth-order valence-electron chi connectivity index (χ4n) is 1.11. The normalized spacial score (nSPS) is 11.6. The number of hydrogen-bond donors (Lipinski definition) is 0. The highest BCUT2D eigenvalue weighted by Crippen LogP contribution is 2.30. The van der Waals surface area contributed by atoms with Crippen molar-refractivity contribution in [1.82, 2.24) is 0 Å². The van der Waals surface area contributed by atoms with E-state index >= 15 is 0 Å². The Balaban J connectivity index is 2.94. The van der Waals surface area contributed by atoms with E-state index in [0.717, 1.165) is 11.3 Å². The van der Waals surface area contributed by atoms with Gasteiger partial charge in [0.25, 0.3) is 0 Å². The molecule has 0 N–H and O–H groups in total. The zero-order valence-electron chi connectivity index (χ0n) is 10.1. The summed E-state index contributed by atoms with van der Waals surface area (Å²) in [6.07, 6.45) is -0.241. The van der Waals surface area contributed by atoms with Gasteiger partial charge in [-0.15, -0.1) is 22.9 Å². The summed E-state index contributed by atoms with van der Waals surface area (Å²) in [5, 5.41) is 0.796. The Labute approximate surface area is 115 Å². The summed E-state index contributed by atoms with van der Waals surface area (Å²) >= 11 is 6.30. The highest BCUT2D eigenvalue weighted by molar-refractivity contribution is 7.88. The minimum Gasteiger partial charge on any atom is -0.459 e. The van der Waals surface area contributed by atoms with Gasteiger partial charge in [-0.3, -0.25) is 0 Å². The maximum Gasteiger partial charge on any atom is 0.348 e. The van der Waals surface area contributed by atoms with Crippen molar-refractivity contribution in [3.63, 3.8) is 0 Å². The molecule has 0 unspecified atom stereocenters. The van der Waals surface area contributed by atoms with Crippen LogP contribution in [0.5, 0.6) is 5.75 Å². The lowest BCUT2D eigenvalue weighted by atomic mass is 10.3. The minimum absolute atomic E-state index is 0.108. The summed E-state index contributed by atoms with van der Waals surface area (Å²) in [4.78, 5) is 12.0. The quantitative estimate of drug-likeness (QED) is 0.475. The average Bonchev–Trinajstić information content (AvgIpc) is 2.59. The predicted octanol–water partition coefficient (Wildman–Crippen LogP) is 2.53. The molecule has 1 aromatic rings. The molecule has 0 saturated carbocycles. The third-order valence-electron chi connectivity index (χ3n) is 1.87. The van der Waals surface area contributed by atoms with Gasteiger partial charge in [0.2, 0.25) is 0 Å². The van der Waals surface area contributed by atoms with Crippen LogP contribution >= 0.6 is 22.9 Å². The van der Waals surface area contributed by atoms with Crippen LogP contribution in [0.1, 0.15) is 29.1 Å². The van der Waals surface area contributed by atoms with Gasteiger partial charge in [-0.05, 0) is 20.8 Å². The average molecular weight is 313 g/mol. The van der Waals surface area contributed by atoms with Crippen molar-refractivity contribution >= 4 is 39.0 Å². The van der Waals surface area contributed by atoms with Crippen molar-refractivity contribution in [2.75, 3.05) is 5.21 Å². The van der Waals surface area contributed by atoms with Crippen LogP contribution in [0.25, 0.3) is 0 Å². The molecule has 0 aliphatic rings. The molecular weight excluding hydrogens is 300 g/mol. The molecule has 0 aliphatic carbocycles. The first-order valence-corrected chi connectivity index (χ1v) is 8.03. The number of thiophene rings is 1. The molecule has 1 aromatic heterocycles. The zero-order valence-corrected chi connectivity index (χ0v) is 12.5. The number of carbonyl (C=O) groups excluding carboxylic acids is 1. The number of rotatable bonds is 5. The predicted molar refractivity (Wildman–Crippen MR) is 69.9 cm³/mol. The molecule has 0 spiro atoms. The van der Waals surface area contributed by atoms with Crippen LogP contribution in [0.4, 0.5) is 0 Å². The lowest BCUT2D eigenvalue weighted by Crippen LogP contribution is -2.12. The Hall–Kier alpha value is -0.790. The first-order valence-electron chi connectivity index (χ1n) is 5.04. The summed E-state index contributed by atoms with van der Waals surface area (Å²) in [7, 11) is -3.81. The van der Waals surface area contributed by atoms with Crippen molar-refractivity contribution in [2.24, 2.45) is 0 Å². The van der Waals surface area contributed by atoms with Gasteiger partial charge >= 0.3 is 16.1 Å². The Kier molecular flexibility index (Phi) is 5.01. The Bertz CT molecular complexity index is 532. The molecule has 5 nitrogen and oxygen atoms in total. The Morgan fingerprint density at radius 2 is 2.11 bits per heavy atom. The minimum atomic E-state index is -3.81. The first kappa shape index (κ1) is 15.3.